The molecule has 1 unspecified atom stereocenters. The zero-order chi connectivity index (χ0) is 33.1. The van der Waals surface area contributed by atoms with Crippen molar-refractivity contribution in [3.63, 3.8) is 0 Å². The molecule has 0 radical (unpaired) electrons. The maximum atomic E-state index is 14.2. The summed E-state index contributed by atoms with van der Waals surface area (Å²) in [6.45, 7) is 4.30. The molecule has 2 saturated heterocycles. The Hall–Kier alpha value is -5.06. The van der Waals surface area contributed by atoms with E-state index in [2.05, 4.69) is 21.1 Å². The van der Waals surface area contributed by atoms with Gasteiger partial charge in [-0.05, 0) is 48.7 Å². The Labute approximate surface area is 275 Å². The number of fused-ring (bicyclic) bond motifs is 1. The SMILES string of the molecule is C#Cc1cc(F)ccc1C1N=C(c2nccs2)NC(CN2CCN3C(=O)N(c4ccc(CCC(=O)O)cc4)C[C@@H]3C2)=C1C(=O)OCC. The monoisotopic (exact) mass is 656 g/mol. The van der Waals surface area contributed by atoms with E-state index >= 15 is 0 Å². The van der Waals surface area contributed by atoms with Gasteiger partial charge in [-0.2, -0.15) is 0 Å². The molecule has 3 aromatic rings. The number of thiazole rings is 1. The number of anilines is 1. The first-order chi connectivity index (χ1) is 22.7. The summed E-state index contributed by atoms with van der Waals surface area (Å²) in [5, 5.41) is 14.8. The van der Waals surface area contributed by atoms with Crippen LogP contribution in [-0.4, -0.2) is 89.1 Å². The number of halogens is 1. The fourth-order valence-electron chi connectivity index (χ4n) is 6.18. The Morgan fingerprint density at radius 2 is 2.00 bits per heavy atom. The molecule has 2 atom stereocenters. The Morgan fingerprint density at radius 1 is 1.19 bits per heavy atom. The number of carbonyl (C=O) groups excluding carboxylic acids is 2. The van der Waals surface area contributed by atoms with E-state index in [0.29, 0.717) is 61.2 Å². The van der Waals surface area contributed by atoms with Gasteiger partial charge in [-0.15, -0.1) is 17.8 Å². The van der Waals surface area contributed by atoms with E-state index in [1.165, 1.54) is 23.5 Å². The number of urea groups is 1. The highest BCUT2D eigenvalue weighted by Gasteiger charge is 2.42. The van der Waals surface area contributed by atoms with Crippen molar-refractivity contribution in [2.75, 3.05) is 44.2 Å². The number of aryl methyl sites for hydroxylation is 1. The number of amidine groups is 1. The summed E-state index contributed by atoms with van der Waals surface area (Å²) >= 11 is 1.39. The van der Waals surface area contributed by atoms with Crippen molar-refractivity contribution < 1.29 is 28.6 Å². The summed E-state index contributed by atoms with van der Waals surface area (Å²) in [6.07, 6.45) is 7.91. The third-order valence-electron chi connectivity index (χ3n) is 8.42. The molecule has 47 heavy (non-hydrogen) atoms. The molecule has 6 rings (SSSR count). The Bertz CT molecular complexity index is 1780. The highest BCUT2D eigenvalue weighted by molar-refractivity contribution is 7.11. The number of hydrogen-bond donors (Lipinski definition) is 2. The van der Waals surface area contributed by atoms with Gasteiger partial charge < -0.3 is 20.1 Å². The first kappa shape index (κ1) is 31.9. The Morgan fingerprint density at radius 3 is 2.70 bits per heavy atom. The number of amides is 2. The van der Waals surface area contributed by atoms with Gasteiger partial charge in [0.25, 0.3) is 0 Å². The molecule has 0 spiro atoms. The fraction of sp³-hybridized carbons (Fsp3) is 0.324. The number of carboxylic acids is 1. The van der Waals surface area contributed by atoms with Gasteiger partial charge in [0.15, 0.2) is 10.8 Å². The Balaban J connectivity index is 1.27. The largest absolute Gasteiger partial charge is 0.481 e. The number of aliphatic imine (C=N–C) groups is 1. The molecule has 4 heterocycles. The number of hydrogen-bond acceptors (Lipinski definition) is 9. The number of esters is 1. The van der Waals surface area contributed by atoms with E-state index < -0.39 is 23.8 Å². The highest BCUT2D eigenvalue weighted by atomic mass is 32.1. The number of aromatic nitrogens is 1. The van der Waals surface area contributed by atoms with E-state index in [-0.39, 0.29) is 36.2 Å². The number of nitrogens with zero attached hydrogens (tertiary/aromatic N) is 5. The van der Waals surface area contributed by atoms with Crippen LogP contribution in [-0.2, 0) is 20.7 Å². The van der Waals surface area contributed by atoms with Gasteiger partial charge in [0, 0.05) is 67.7 Å². The zero-order valence-electron chi connectivity index (χ0n) is 25.7. The van der Waals surface area contributed by atoms with Gasteiger partial charge in [-0.1, -0.05) is 24.1 Å². The maximum Gasteiger partial charge on any atom is 0.338 e. The van der Waals surface area contributed by atoms with Crippen LogP contribution in [0.1, 0.15) is 41.1 Å². The van der Waals surface area contributed by atoms with E-state index in [1.54, 1.807) is 24.1 Å². The minimum atomic E-state index is -0.862. The molecule has 3 aliphatic rings. The van der Waals surface area contributed by atoms with Gasteiger partial charge in [0.2, 0.25) is 0 Å². The van der Waals surface area contributed by atoms with Crippen LogP contribution < -0.4 is 10.2 Å². The summed E-state index contributed by atoms with van der Waals surface area (Å²) in [5.74, 6) is 1.11. The lowest BCUT2D eigenvalue weighted by molar-refractivity contribution is -0.139. The van der Waals surface area contributed by atoms with Gasteiger partial charge >= 0.3 is 18.0 Å². The smallest absolute Gasteiger partial charge is 0.338 e. The molecule has 0 bridgehead atoms. The van der Waals surface area contributed by atoms with Crippen LogP contribution in [0.5, 0.6) is 0 Å². The third-order valence-corrected chi connectivity index (χ3v) is 9.20. The molecule has 2 aromatic carbocycles. The van der Waals surface area contributed by atoms with Crippen molar-refractivity contribution in [3.05, 3.63) is 92.8 Å². The van der Waals surface area contributed by atoms with Gasteiger partial charge in [0.1, 0.15) is 11.9 Å². The highest BCUT2D eigenvalue weighted by Crippen LogP contribution is 2.36. The first-order valence-electron chi connectivity index (χ1n) is 15.3. The summed E-state index contributed by atoms with van der Waals surface area (Å²) < 4.78 is 19.7. The summed E-state index contributed by atoms with van der Waals surface area (Å²) in [7, 11) is 0. The predicted octanol–water partition coefficient (Wildman–Crippen LogP) is 3.82. The van der Waals surface area contributed by atoms with Crippen molar-refractivity contribution in [1.82, 2.24) is 20.1 Å². The number of nitrogens with one attached hydrogen (secondary N) is 1. The number of ether oxygens (including phenoxy) is 1. The fourth-order valence-corrected chi connectivity index (χ4v) is 6.77. The van der Waals surface area contributed by atoms with Crippen LogP contribution in [0.3, 0.4) is 0 Å². The lowest BCUT2D eigenvalue weighted by atomic mass is 9.92. The molecule has 11 nitrogen and oxygen atoms in total. The minimum absolute atomic E-state index is 0.0454. The van der Waals surface area contributed by atoms with Crippen molar-refractivity contribution in [2.24, 2.45) is 4.99 Å². The number of piperazine rings is 1. The van der Waals surface area contributed by atoms with Crippen molar-refractivity contribution in [1.29, 1.82) is 0 Å². The molecular formula is C34H33FN6O5S. The molecule has 2 amide bonds. The average Bonchev–Trinajstić information content (AvgIpc) is 3.72. The number of terminal acetylenes is 1. The van der Waals surface area contributed by atoms with Crippen LogP contribution >= 0.6 is 11.3 Å². The second-order valence-corrected chi connectivity index (χ2v) is 12.3. The molecule has 0 aliphatic carbocycles. The van der Waals surface area contributed by atoms with Gasteiger partial charge in [0.05, 0.1) is 18.2 Å². The quantitative estimate of drug-likeness (QED) is 0.249. The van der Waals surface area contributed by atoms with Crippen LogP contribution in [0.4, 0.5) is 14.9 Å². The number of benzene rings is 2. The molecule has 2 fully saturated rings. The number of carboxylic acid groups (broad SMARTS) is 1. The molecule has 2 N–H and O–H groups in total. The summed E-state index contributed by atoms with van der Waals surface area (Å²) in [4.78, 5) is 53.0. The lowest BCUT2D eigenvalue weighted by Crippen LogP contribution is -2.53. The van der Waals surface area contributed by atoms with Gasteiger partial charge in [-0.25, -0.2) is 19.0 Å². The zero-order valence-corrected chi connectivity index (χ0v) is 26.5. The maximum absolute atomic E-state index is 14.2. The molecule has 3 aliphatic heterocycles. The lowest BCUT2D eigenvalue weighted by Gasteiger charge is -2.38. The van der Waals surface area contributed by atoms with Crippen molar-refractivity contribution in [3.8, 4) is 12.3 Å². The Kier molecular flexibility index (Phi) is 9.33. The molecule has 0 saturated carbocycles. The summed E-state index contributed by atoms with van der Waals surface area (Å²) in [5.41, 5.74) is 3.30. The number of rotatable bonds is 10. The van der Waals surface area contributed by atoms with Crippen molar-refractivity contribution >= 4 is 40.8 Å². The van der Waals surface area contributed by atoms with E-state index in [4.69, 9.17) is 21.3 Å². The molecular weight excluding hydrogens is 623 g/mol. The molecule has 13 heteroatoms. The van der Waals surface area contributed by atoms with Crippen LogP contribution in [0.2, 0.25) is 0 Å². The average molecular weight is 657 g/mol. The predicted molar refractivity (Wildman–Crippen MR) is 175 cm³/mol. The summed E-state index contributed by atoms with van der Waals surface area (Å²) in [6, 6.07) is 10.5. The standard InChI is InChI=1S/C34H33FN6O5S/c1-3-22-17-23(35)8-11-26(22)30-29(33(44)46-4-2)27(37-31(38-30)32-36-13-16-47-32)20-39-14-15-40-25(18-39)19-41(34(40)45)24-9-5-21(6-10-24)7-12-28(42)43/h1,5-6,8-11,13,16-17,25,30H,4,7,12,14-15,18-20H2,2H3,(H,37,38)(H,42,43)/t25-,30?/m0/s1. The molecule has 242 valence electrons. The first-order valence-corrected chi connectivity index (χ1v) is 16.2. The second kappa shape index (κ2) is 13.7. The number of carbonyl (C=O) groups is 3. The van der Waals surface area contributed by atoms with E-state index in [1.807, 2.05) is 34.5 Å². The van der Waals surface area contributed by atoms with Crippen LogP contribution in [0.15, 0.2) is 70.3 Å². The van der Waals surface area contributed by atoms with Gasteiger partial charge in [-0.3, -0.25) is 19.6 Å². The third kappa shape index (κ3) is 6.74. The normalized spacial score (nSPS) is 19.6. The topological polar surface area (TPSA) is 128 Å². The van der Waals surface area contributed by atoms with E-state index in [0.717, 1.165) is 11.3 Å². The number of aliphatic carboxylic acids is 1. The van der Waals surface area contributed by atoms with Crippen molar-refractivity contribution in [2.45, 2.75) is 31.8 Å². The minimum Gasteiger partial charge on any atom is -0.481 e. The van der Waals surface area contributed by atoms with E-state index in [9.17, 15) is 18.8 Å². The van der Waals surface area contributed by atoms with Crippen LogP contribution in [0.25, 0.3) is 0 Å². The molecule has 1 aromatic heterocycles. The van der Waals surface area contributed by atoms with Crippen LogP contribution in [0, 0.1) is 18.2 Å². The second-order valence-electron chi connectivity index (χ2n) is 11.4.